The molecule has 0 radical (unpaired) electrons. The molecule has 0 amide bonds. The van der Waals surface area contributed by atoms with Crippen LogP contribution < -0.4 is 5.32 Å². The highest BCUT2D eigenvalue weighted by Crippen LogP contribution is 2.22. The molecule has 1 unspecified atom stereocenters. The summed E-state index contributed by atoms with van der Waals surface area (Å²) in [4.78, 5) is 3.81. The maximum Gasteiger partial charge on any atom is 0.0327 e. The van der Waals surface area contributed by atoms with Gasteiger partial charge in [0.2, 0.25) is 0 Å². The normalized spacial score (nSPS) is 23.2. The maximum absolute atomic E-state index is 3.63. The monoisotopic (exact) mass is 288 g/mol. The van der Waals surface area contributed by atoms with Crippen LogP contribution in [-0.2, 0) is 6.54 Å². The maximum atomic E-state index is 3.63. The number of piperidine rings is 1. The van der Waals surface area contributed by atoms with Gasteiger partial charge in [-0.1, -0.05) is 0 Å². The van der Waals surface area contributed by atoms with Crippen LogP contribution in [0.1, 0.15) is 17.7 Å². The molecule has 1 atom stereocenters. The van der Waals surface area contributed by atoms with E-state index < -0.39 is 0 Å². The van der Waals surface area contributed by atoms with E-state index in [9.17, 15) is 0 Å². The Morgan fingerprint density at radius 3 is 3.20 bits per heavy atom. The lowest BCUT2D eigenvalue weighted by Gasteiger charge is -2.30. The molecule has 0 aromatic carbocycles. The van der Waals surface area contributed by atoms with Crippen molar-refractivity contribution in [3.05, 3.63) is 20.8 Å². The molecule has 2 nitrogen and oxygen atoms in total. The van der Waals surface area contributed by atoms with Crippen LogP contribution in [0.5, 0.6) is 0 Å². The molecule has 15 heavy (non-hydrogen) atoms. The minimum absolute atomic E-state index is 0.665. The topological polar surface area (TPSA) is 15.3 Å². The summed E-state index contributed by atoms with van der Waals surface area (Å²) >= 11 is 5.38. The molecule has 4 heteroatoms. The summed E-state index contributed by atoms with van der Waals surface area (Å²) in [6.45, 7) is 3.43. The molecule has 1 aliphatic rings. The molecule has 0 spiro atoms. The van der Waals surface area contributed by atoms with Crippen molar-refractivity contribution in [3.8, 4) is 0 Å². The van der Waals surface area contributed by atoms with Gasteiger partial charge in [-0.3, -0.25) is 0 Å². The summed E-state index contributed by atoms with van der Waals surface area (Å²) in [5.41, 5.74) is 0. The second-order valence-corrected chi connectivity index (χ2v) is 6.03. The zero-order valence-electron chi connectivity index (χ0n) is 9.00. The molecule has 1 aliphatic heterocycles. The average Bonchev–Trinajstić information content (AvgIpc) is 2.61. The van der Waals surface area contributed by atoms with E-state index in [1.807, 2.05) is 11.3 Å². The standard InChI is InChI=1S/C11H17BrN2S/c1-14-5-2-3-9(8-14)13-7-11-10(12)4-6-15-11/h4,6,9,13H,2-3,5,7-8H2,1H3. The molecule has 2 rings (SSSR count). The first-order valence-electron chi connectivity index (χ1n) is 5.39. The lowest BCUT2D eigenvalue weighted by atomic mass is 10.1. The lowest BCUT2D eigenvalue weighted by molar-refractivity contribution is 0.227. The third-order valence-corrected chi connectivity index (χ3v) is 4.79. The van der Waals surface area contributed by atoms with Crippen molar-refractivity contribution in [2.24, 2.45) is 0 Å². The lowest BCUT2D eigenvalue weighted by Crippen LogP contribution is -2.43. The van der Waals surface area contributed by atoms with E-state index in [1.54, 1.807) is 0 Å². The number of nitrogens with one attached hydrogen (secondary N) is 1. The first kappa shape index (κ1) is 11.6. The Morgan fingerprint density at radius 2 is 2.53 bits per heavy atom. The van der Waals surface area contributed by atoms with Gasteiger partial charge in [-0.15, -0.1) is 11.3 Å². The molecule has 0 aliphatic carbocycles. The van der Waals surface area contributed by atoms with Gasteiger partial charge in [0.15, 0.2) is 0 Å². The van der Waals surface area contributed by atoms with Crippen LogP contribution in [0.2, 0.25) is 0 Å². The second kappa shape index (κ2) is 5.43. The van der Waals surface area contributed by atoms with Gasteiger partial charge in [-0.2, -0.15) is 0 Å². The number of halogens is 1. The van der Waals surface area contributed by atoms with Crippen LogP contribution in [0.3, 0.4) is 0 Å². The van der Waals surface area contributed by atoms with Gasteiger partial charge in [0.05, 0.1) is 0 Å². The third-order valence-electron chi connectivity index (χ3n) is 2.87. The summed E-state index contributed by atoms with van der Waals surface area (Å²) in [5, 5.41) is 5.77. The quantitative estimate of drug-likeness (QED) is 0.920. The zero-order valence-corrected chi connectivity index (χ0v) is 11.4. The van der Waals surface area contributed by atoms with Crippen molar-refractivity contribution in [2.45, 2.75) is 25.4 Å². The molecule has 84 valence electrons. The van der Waals surface area contributed by atoms with E-state index in [0.29, 0.717) is 6.04 Å². The van der Waals surface area contributed by atoms with Gasteiger partial charge in [-0.05, 0) is 53.8 Å². The zero-order chi connectivity index (χ0) is 10.7. The Labute approximate surface area is 104 Å². The Balaban J connectivity index is 1.80. The highest BCUT2D eigenvalue weighted by molar-refractivity contribution is 9.10. The van der Waals surface area contributed by atoms with Gasteiger partial charge < -0.3 is 10.2 Å². The summed E-state index contributed by atoms with van der Waals surface area (Å²) in [5.74, 6) is 0. The number of hydrogen-bond acceptors (Lipinski definition) is 3. The van der Waals surface area contributed by atoms with E-state index in [0.717, 1.165) is 6.54 Å². The van der Waals surface area contributed by atoms with Crippen molar-refractivity contribution in [3.63, 3.8) is 0 Å². The minimum atomic E-state index is 0.665. The van der Waals surface area contributed by atoms with Crippen molar-refractivity contribution in [1.29, 1.82) is 0 Å². The largest absolute Gasteiger partial charge is 0.308 e. The molecule has 2 heterocycles. The number of nitrogens with zero attached hydrogens (tertiary/aromatic N) is 1. The van der Waals surface area contributed by atoms with E-state index >= 15 is 0 Å². The first-order chi connectivity index (χ1) is 7.25. The molecule has 1 aromatic rings. The SMILES string of the molecule is CN1CCCC(NCc2sccc2Br)C1. The summed E-state index contributed by atoms with van der Waals surface area (Å²) < 4.78 is 1.24. The van der Waals surface area contributed by atoms with E-state index in [1.165, 1.54) is 35.3 Å². The number of likely N-dealkylation sites (N-methyl/N-ethyl adjacent to an activating group) is 1. The Bertz CT molecular complexity index is 313. The second-order valence-electron chi connectivity index (χ2n) is 4.17. The van der Waals surface area contributed by atoms with Crippen LogP contribution in [0, 0.1) is 0 Å². The van der Waals surface area contributed by atoms with E-state index in [2.05, 4.69) is 44.6 Å². The molecule has 1 N–H and O–H groups in total. The fourth-order valence-electron chi connectivity index (χ4n) is 2.02. The van der Waals surface area contributed by atoms with Gasteiger partial charge in [0, 0.05) is 28.5 Å². The van der Waals surface area contributed by atoms with Crippen LogP contribution in [0.4, 0.5) is 0 Å². The molecule has 1 saturated heterocycles. The molecule has 0 saturated carbocycles. The molecule has 0 bridgehead atoms. The van der Waals surface area contributed by atoms with Crippen molar-refractivity contribution >= 4 is 27.3 Å². The van der Waals surface area contributed by atoms with Crippen molar-refractivity contribution in [1.82, 2.24) is 10.2 Å². The first-order valence-corrected chi connectivity index (χ1v) is 7.07. The number of thiophene rings is 1. The van der Waals surface area contributed by atoms with Crippen molar-refractivity contribution in [2.75, 3.05) is 20.1 Å². The van der Waals surface area contributed by atoms with E-state index in [-0.39, 0.29) is 0 Å². The predicted octanol–water partition coefficient (Wildman–Crippen LogP) is 2.69. The molecular weight excluding hydrogens is 272 g/mol. The Morgan fingerprint density at radius 1 is 1.67 bits per heavy atom. The van der Waals surface area contributed by atoms with Crippen LogP contribution in [-0.4, -0.2) is 31.1 Å². The third kappa shape index (κ3) is 3.28. The van der Waals surface area contributed by atoms with Crippen LogP contribution in [0.15, 0.2) is 15.9 Å². The molecule has 1 fully saturated rings. The predicted molar refractivity (Wildman–Crippen MR) is 69.4 cm³/mol. The summed E-state index contributed by atoms with van der Waals surface area (Å²) in [6.07, 6.45) is 2.63. The average molecular weight is 289 g/mol. The smallest absolute Gasteiger partial charge is 0.0327 e. The Hall–Kier alpha value is 0.100. The highest BCUT2D eigenvalue weighted by Gasteiger charge is 2.16. The summed E-state index contributed by atoms with van der Waals surface area (Å²) in [6, 6.07) is 2.78. The van der Waals surface area contributed by atoms with Gasteiger partial charge in [0.25, 0.3) is 0 Å². The van der Waals surface area contributed by atoms with Gasteiger partial charge >= 0.3 is 0 Å². The fourth-order valence-corrected chi connectivity index (χ4v) is 3.46. The summed E-state index contributed by atoms with van der Waals surface area (Å²) in [7, 11) is 2.20. The number of hydrogen-bond donors (Lipinski definition) is 1. The van der Waals surface area contributed by atoms with Crippen molar-refractivity contribution < 1.29 is 0 Å². The molecular formula is C11H17BrN2S. The van der Waals surface area contributed by atoms with Gasteiger partial charge in [0.1, 0.15) is 0 Å². The van der Waals surface area contributed by atoms with Crippen LogP contribution in [0.25, 0.3) is 0 Å². The fraction of sp³-hybridized carbons (Fsp3) is 0.636. The minimum Gasteiger partial charge on any atom is -0.308 e. The van der Waals surface area contributed by atoms with Crippen LogP contribution >= 0.6 is 27.3 Å². The van der Waals surface area contributed by atoms with E-state index in [4.69, 9.17) is 0 Å². The molecule has 1 aromatic heterocycles. The number of likely N-dealkylation sites (tertiary alicyclic amines) is 1. The Kier molecular flexibility index (Phi) is 4.20. The highest BCUT2D eigenvalue weighted by atomic mass is 79.9. The van der Waals surface area contributed by atoms with Gasteiger partial charge in [-0.25, -0.2) is 0 Å². The number of rotatable bonds is 3.